The van der Waals surface area contributed by atoms with Crippen LogP contribution in [0.25, 0.3) is 0 Å². The highest BCUT2D eigenvalue weighted by Gasteiger charge is 2.20. The first-order valence-corrected chi connectivity index (χ1v) is 11.1. The largest absolute Gasteiger partial charge is 0.339 e. The summed E-state index contributed by atoms with van der Waals surface area (Å²) in [5.74, 6) is 0.772. The van der Waals surface area contributed by atoms with E-state index in [2.05, 4.69) is 34.9 Å². The molecule has 0 bridgehead atoms. The van der Waals surface area contributed by atoms with Gasteiger partial charge in [-0.3, -0.25) is 9.59 Å². The van der Waals surface area contributed by atoms with Crippen LogP contribution in [0.3, 0.4) is 0 Å². The Hall–Kier alpha value is -2.37. The molecule has 166 valence electrons. The number of anilines is 1. The summed E-state index contributed by atoms with van der Waals surface area (Å²) in [6.45, 7) is 5.84. The average Bonchev–Trinajstić information content (AvgIpc) is 3.45. The third kappa shape index (κ3) is 6.08. The summed E-state index contributed by atoms with van der Waals surface area (Å²) < 4.78 is 0. The zero-order valence-corrected chi connectivity index (χ0v) is 19.0. The zero-order valence-electron chi connectivity index (χ0n) is 18.2. The smallest absolute Gasteiger partial charge is 0.253 e. The topological polar surface area (TPSA) is 61.4 Å². The molecule has 2 aromatic rings. The van der Waals surface area contributed by atoms with Crippen LogP contribution in [0.2, 0.25) is 0 Å². The lowest BCUT2D eigenvalue weighted by atomic mass is 9.97. The molecule has 0 aliphatic carbocycles. The van der Waals surface area contributed by atoms with Gasteiger partial charge >= 0.3 is 0 Å². The number of likely N-dealkylation sites (tertiary alicyclic amines) is 1. The molecule has 1 unspecified atom stereocenters. The highest BCUT2D eigenvalue weighted by atomic mass is 35.5. The monoisotopic (exact) mass is 441 g/mol. The lowest BCUT2D eigenvalue weighted by Gasteiger charge is -2.16. The van der Waals surface area contributed by atoms with Crippen molar-refractivity contribution in [1.82, 2.24) is 10.2 Å². The van der Waals surface area contributed by atoms with E-state index in [9.17, 15) is 9.59 Å². The molecule has 2 aliphatic rings. The van der Waals surface area contributed by atoms with Gasteiger partial charge < -0.3 is 15.5 Å². The number of hydrogen-bond donors (Lipinski definition) is 2. The third-order valence-corrected chi connectivity index (χ3v) is 6.22. The van der Waals surface area contributed by atoms with Crippen LogP contribution in [0.4, 0.5) is 5.69 Å². The fraction of sp³-hybridized carbons (Fsp3) is 0.440. The number of benzene rings is 2. The SMILES string of the molecule is Cc1cc(C(=O)N2CCCC2)ccc1NC(=O)Cc1ccc(CC2CCNC2)cc1.Cl. The molecule has 2 heterocycles. The predicted molar refractivity (Wildman–Crippen MR) is 127 cm³/mol. The summed E-state index contributed by atoms with van der Waals surface area (Å²) in [6.07, 6.45) is 4.85. The van der Waals surface area contributed by atoms with Crippen LogP contribution in [0, 0.1) is 12.8 Å². The van der Waals surface area contributed by atoms with E-state index in [0.717, 1.165) is 68.2 Å². The molecule has 5 nitrogen and oxygen atoms in total. The number of halogens is 1. The van der Waals surface area contributed by atoms with Gasteiger partial charge in [0.25, 0.3) is 5.91 Å². The van der Waals surface area contributed by atoms with Gasteiger partial charge in [0, 0.05) is 24.3 Å². The van der Waals surface area contributed by atoms with Crippen molar-refractivity contribution in [2.45, 2.75) is 39.0 Å². The molecule has 2 amide bonds. The number of hydrogen-bond acceptors (Lipinski definition) is 3. The fourth-order valence-corrected chi connectivity index (χ4v) is 4.43. The number of nitrogens with zero attached hydrogens (tertiary/aromatic N) is 1. The van der Waals surface area contributed by atoms with E-state index in [1.54, 1.807) is 0 Å². The molecular weight excluding hydrogens is 410 g/mol. The van der Waals surface area contributed by atoms with E-state index in [1.165, 1.54) is 12.0 Å². The van der Waals surface area contributed by atoms with Gasteiger partial charge in [-0.05, 0) is 86.5 Å². The molecule has 2 fully saturated rings. The van der Waals surface area contributed by atoms with Crippen molar-refractivity contribution in [3.05, 3.63) is 64.7 Å². The van der Waals surface area contributed by atoms with Gasteiger partial charge in [-0.15, -0.1) is 12.4 Å². The number of nitrogens with one attached hydrogen (secondary N) is 2. The molecule has 2 aliphatic heterocycles. The Morgan fingerprint density at radius 3 is 2.42 bits per heavy atom. The van der Waals surface area contributed by atoms with Crippen molar-refractivity contribution in [2.75, 3.05) is 31.5 Å². The van der Waals surface area contributed by atoms with Crippen molar-refractivity contribution < 1.29 is 9.59 Å². The lowest BCUT2D eigenvalue weighted by Crippen LogP contribution is -2.27. The lowest BCUT2D eigenvalue weighted by molar-refractivity contribution is -0.115. The number of aryl methyl sites for hydroxylation is 1. The Labute approximate surface area is 191 Å². The summed E-state index contributed by atoms with van der Waals surface area (Å²) in [5.41, 5.74) is 4.72. The first kappa shape index (κ1) is 23.3. The van der Waals surface area contributed by atoms with Gasteiger partial charge in [-0.1, -0.05) is 24.3 Å². The van der Waals surface area contributed by atoms with Crippen molar-refractivity contribution in [3.8, 4) is 0 Å². The fourth-order valence-electron chi connectivity index (χ4n) is 4.43. The van der Waals surface area contributed by atoms with E-state index < -0.39 is 0 Å². The molecule has 0 spiro atoms. The minimum Gasteiger partial charge on any atom is -0.339 e. The van der Waals surface area contributed by atoms with E-state index in [1.807, 2.05) is 30.0 Å². The maximum Gasteiger partial charge on any atom is 0.253 e. The Morgan fingerprint density at radius 2 is 1.77 bits per heavy atom. The molecule has 4 rings (SSSR count). The van der Waals surface area contributed by atoms with Crippen molar-refractivity contribution in [2.24, 2.45) is 5.92 Å². The van der Waals surface area contributed by atoms with E-state index >= 15 is 0 Å². The summed E-state index contributed by atoms with van der Waals surface area (Å²) in [4.78, 5) is 27.0. The number of carbonyl (C=O) groups excluding carboxylic acids is 2. The van der Waals surface area contributed by atoms with Crippen LogP contribution in [0.5, 0.6) is 0 Å². The van der Waals surface area contributed by atoms with Gasteiger partial charge in [0.05, 0.1) is 6.42 Å². The Bertz CT molecular complexity index is 901. The molecule has 1 atom stereocenters. The van der Waals surface area contributed by atoms with Gasteiger partial charge in [-0.2, -0.15) is 0 Å². The summed E-state index contributed by atoms with van der Waals surface area (Å²) >= 11 is 0. The first-order chi connectivity index (χ1) is 14.6. The molecule has 31 heavy (non-hydrogen) atoms. The molecule has 2 aromatic carbocycles. The Kier molecular flexibility index (Phi) is 8.10. The number of carbonyl (C=O) groups is 2. The van der Waals surface area contributed by atoms with Crippen LogP contribution in [-0.2, 0) is 17.6 Å². The van der Waals surface area contributed by atoms with Crippen LogP contribution in [-0.4, -0.2) is 42.9 Å². The second kappa shape index (κ2) is 10.8. The van der Waals surface area contributed by atoms with E-state index in [-0.39, 0.29) is 24.2 Å². The molecule has 0 radical (unpaired) electrons. The van der Waals surface area contributed by atoms with Gasteiger partial charge in [0.2, 0.25) is 5.91 Å². The quantitative estimate of drug-likeness (QED) is 0.712. The molecule has 0 saturated carbocycles. The maximum absolute atomic E-state index is 12.5. The van der Waals surface area contributed by atoms with Crippen LogP contribution in [0.1, 0.15) is 46.3 Å². The second-order valence-electron chi connectivity index (χ2n) is 8.63. The van der Waals surface area contributed by atoms with E-state index in [0.29, 0.717) is 12.0 Å². The molecule has 6 heteroatoms. The van der Waals surface area contributed by atoms with Gasteiger partial charge in [0.1, 0.15) is 0 Å². The zero-order chi connectivity index (χ0) is 20.9. The van der Waals surface area contributed by atoms with Gasteiger partial charge in [-0.25, -0.2) is 0 Å². The molecule has 2 N–H and O–H groups in total. The molecular formula is C25H32ClN3O2. The standard InChI is InChI=1S/C25H31N3O2.ClH/c1-18-14-22(25(30)28-12-2-3-13-28)8-9-23(18)27-24(29)16-20-6-4-19(5-7-20)15-21-10-11-26-17-21;/h4-9,14,21,26H,2-3,10-13,15-17H2,1H3,(H,27,29);1H. The summed E-state index contributed by atoms with van der Waals surface area (Å²) in [7, 11) is 0. The predicted octanol–water partition coefficient (Wildman–Crippen LogP) is 3.99. The van der Waals surface area contributed by atoms with Crippen molar-refractivity contribution in [1.29, 1.82) is 0 Å². The van der Waals surface area contributed by atoms with Crippen molar-refractivity contribution >= 4 is 29.9 Å². The summed E-state index contributed by atoms with van der Waals surface area (Å²) in [6, 6.07) is 13.9. The van der Waals surface area contributed by atoms with Gasteiger partial charge in [0.15, 0.2) is 0 Å². The molecule has 0 aromatic heterocycles. The highest BCUT2D eigenvalue weighted by molar-refractivity contribution is 5.97. The normalized spacial score (nSPS) is 18.0. The first-order valence-electron chi connectivity index (χ1n) is 11.1. The van der Waals surface area contributed by atoms with Crippen LogP contribution < -0.4 is 10.6 Å². The molecule has 2 saturated heterocycles. The highest BCUT2D eigenvalue weighted by Crippen LogP contribution is 2.20. The minimum atomic E-state index is -0.0375. The minimum absolute atomic E-state index is 0. The van der Waals surface area contributed by atoms with Crippen LogP contribution in [0.15, 0.2) is 42.5 Å². The van der Waals surface area contributed by atoms with Crippen molar-refractivity contribution in [3.63, 3.8) is 0 Å². The van der Waals surface area contributed by atoms with Crippen LogP contribution >= 0.6 is 12.4 Å². The second-order valence-corrected chi connectivity index (χ2v) is 8.63. The number of rotatable bonds is 6. The summed E-state index contributed by atoms with van der Waals surface area (Å²) in [5, 5.41) is 6.40. The Morgan fingerprint density at radius 1 is 1.06 bits per heavy atom. The third-order valence-electron chi connectivity index (χ3n) is 6.22. The number of amides is 2. The van der Waals surface area contributed by atoms with E-state index in [4.69, 9.17) is 0 Å². The average molecular weight is 442 g/mol. The maximum atomic E-state index is 12.5. The Balaban J connectivity index is 0.00000272.